The number of nitrogens with one attached hydrogen (secondary N) is 2. The van der Waals surface area contributed by atoms with Crippen LogP contribution in [0.2, 0.25) is 0 Å². The lowest BCUT2D eigenvalue weighted by Crippen LogP contribution is -2.22. The van der Waals surface area contributed by atoms with Crippen molar-refractivity contribution in [3.05, 3.63) is 78.5 Å². The van der Waals surface area contributed by atoms with Gasteiger partial charge in [0.15, 0.2) is 11.6 Å². The molecule has 1 saturated heterocycles. The summed E-state index contributed by atoms with van der Waals surface area (Å²) in [5.41, 5.74) is 0.952. The molecule has 2 N–H and O–H groups in total. The van der Waals surface area contributed by atoms with Gasteiger partial charge in [-0.15, -0.1) is 0 Å². The summed E-state index contributed by atoms with van der Waals surface area (Å²) in [6, 6.07) is 9.65. The molecule has 39 heavy (non-hydrogen) atoms. The largest absolute Gasteiger partial charge is 0.454 e. The van der Waals surface area contributed by atoms with Crippen LogP contribution >= 0.6 is 0 Å². The average Bonchev–Trinajstić information content (AvgIpc) is 3.57. The smallest absolute Gasteiger partial charge is 0.416 e. The van der Waals surface area contributed by atoms with Crippen LogP contribution in [0.1, 0.15) is 18.4 Å². The topological polar surface area (TPSA) is 84.3 Å². The number of nitrogens with zero attached hydrogens (tertiary/aromatic N) is 4. The minimum absolute atomic E-state index is 0.0215. The lowest BCUT2D eigenvalue weighted by Gasteiger charge is -2.21. The van der Waals surface area contributed by atoms with Crippen LogP contribution in [0.25, 0.3) is 11.3 Å². The molecule has 0 radical (unpaired) electrons. The second kappa shape index (κ2) is 10.6. The fourth-order valence-corrected chi connectivity index (χ4v) is 4.27. The van der Waals surface area contributed by atoms with E-state index in [2.05, 4.69) is 20.7 Å². The molecule has 2 aromatic heterocycles. The maximum atomic E-state index is 14.8. The van der Waals surface area contributed by atoms with E-state index >= 15 is 0 Å². The van der Waals surface area contributed by atoms with Gasteiger partial charge >= 0.3 is 12.2 Å². The van der Waals surface area contributed by atoms with E-state index in [1.165, 1.54) is 24.4 Å². The number of carbonyl (C=O) groups is 1. The molecule has 2 amide bonds. The highest BCUT2D eigenvalue weighted by Crippen LogP contribution is 2.35. The maximum absolute atomic E-state index is 14.8. The van der Waals surface area contributed by atoms with E-state index in [0.717, 1.165) is 36.6 Å². The molecule has 0 spiro atoms. The van der Waals surface area contributed by atoms with Crippen LogP contribution in [-0.4, -0.2) is 33.9 Å². The van der Waals surface area contributed by atoms with E-state index in [-0.39, 0.29) is 17.1 Å². The van der Waals surface area contributed by atoms with Crippen LogP contribution in [0.15, 0.2) is 67.1 Å². The second-order valence-electron chi connectivity index (χ2n) is 9.07. The van der Waals surface area contributed by atoms with Gasteiger partial charge in [0.05, 0.1) is 17.5 Å². The molecule has 1 fully saturated rings. The van der Waals surface area contributed by atoms with E-state index < -0.39 is 23.6 Å². The Labute approximate surface area is 221 Å². The predicted molar refractivity (Wildman–Crippen MR) is 138 cm³/mol. The summed E-state index contributed by atoms with van der Waals surface area (Å²) in [7, 11) is 1.78. The molecule has 8 nitrogen and oxygen atoms in total. The number of aryl methyl sites for hydroxylation is 1. The summed E-state index contributed by atoms with van der Waals surface area (Å²) >= 11 is 0. The number of ether oxygens (including phenoxy) is 1. The molecule has 3 heterocycles. The minimum atomic E-state index is -4.57. The number of rotatable bonds is 6. The van der Waals surface area contributed by atoms with Gasteiger partial charge in [0.1, 0.15) is 5.75 Å². The first-order valence-electron chi connectivity index (χ1n) is 12.1. The second-order valence-corrected chi connectivity index (χ2v) is 9.07. The van der Waals surface area contributed by atoms with E-state index in [0.29, 0.717) is 30.2 Å². The Morgan fingerprint density at radius 2 is 1.77 bits per heavy atom. The van der Waals surface area contributed by atoms with Crippen molar-refractivity contribution in [2.24, 2.45) is 7.05 Å². The monoisotopic (exact) mass is 540 g/mol. The number of halogens is 4. The van der Waals surface area contributed by atoms with Crippen molar-refractivity contribution in [3.63, 3.8) is 0 Å². The van der Waals surface area contributed by atoms with Gasteiger partial charge < -0.3 is 20.3 Å². The zero-order valence-electron chi connectivity index (χ0n) is 20.8. The first-order valence-corrected chi connectivity index (χ1v) is 12.1. The third-order valence-electron chi connectivity index (χ3n) is 6.12. The molecular formula is C27H24F4N6O2. The van der Waals surface area contributed by atoms with Crippen LogP contribution in [0, 0.1) is 5.82 Å². The summed E-state index contributed by atoms with van der Waals surface area (Å²) in [6.07, 6.45) is 2.15. The van der Waals surface area contributed by atoms with Gasteiger partial charge in [-0.3, -0.25) is 9.67 Å². The molecule has 5 rings (SSSR count). The molecule has 1 aliphatic rings. The van der Waals surface area contributed by atoms with Crippen LogP contribution in [0.5, 0.6) is 11.5 Å². The van der Waals surface area contributed by atoms with E-state index in [9.17, 15) is 22.4 Å². The lowest BCUT2D eigenvalue weighted by atomic mass is 10.1. The molecular weight excluding hydrogens is 516 g/mol. The van der Waals surface area contributed by atoms with Gasteiger partial charge in [-0.1, -0.05) is 0 Å². The number of alkyl halides is 3. The molecule has 202 valence electrons. The number of benzene rings is 2. The summed E-state index contributed by atoms with van der Waals surface area (Å²) in [6.45, 7) is 1.29. The molecule has 0 saturated carbocycles. The third kappa shape index (κ3) is 6.28. The summed E-state index contributed by atoms with van der Waals surface area (Å²) in [5.74, 6) is -0.486. The molecule has 4 aromatic rings. The highest BCUT2D eigenvalue weighted by molar-refractivity contribution is 6.00. The van der Waals surface area contributed by atoms with Gasteiger partial charge in [0.25, 0.3) is 0 Å². The Morgan fingerprint density at radius 1 is 1.00 bits per heavy atom. The first-order chi connectivity index (χ1) is 18.6. The molecule has 12 heteroatoms. The van der Waals surface area contributed by atoms with E-state index in [4.69, 9.17) is 4.74 Å². The fraction of sp³-hybridized carbons (Fsp3) is 0.222. The first kappa shape index (κ1) is 26.0. The number of carbonyl (C=O) groups excluding carboxylic acids is 1. The Bertz CT molecular complexity index is 1500. The molecule has 1 aliphatic heterocycles. The number of amides is 2. The average molecular weight is 541 g/mol. The SMILES string of the molecule is Cn1cc(-c2cc(Oc3ccc(NC(=O)Nc4cc(N5CCCC5)cc(C(F)(F)F)c4)cc3F)ccn2)cn1. The van der Waals surface area contributed by atoms with Crippen molar-refractivity contribution in [1.82, 2.24) is 14.8 Å². The molecule has 0 atom stereocenters. The van der Waals surface area contributed by atoms with Crippen molar-refractivity contribution in [2.45, 2.75) is 19.0 Å². The van der Waals surface area contributed by atoms with Crippen LogP contribution in [-0.2, 0) is 13.2 Å². The Kier molecular flexibility index (Phi) is 7.09. The van der Waals surface area contributed by atoms with Crippen molar-refractivity contribution in [1.29, 1.82) is 0 Å². The number of urea groups is 1. The zero-order chi connectivity index (χ0) is 27.6. The molecule has 0 unspecified atom stereocenters. The summed E-state index contributed by atoms with van der Waals surface area (Å²) in [5, 5.41) is 8.96. The molecule has 0 aliphatic carbocycles. The standard InChI is InChI=1S/C27H24F4N6O2/c1-36-16-17(15-33-36)24-14-22(6-7-32-24)39-25-5-4-19(13-23(25)28)34-26(38)35-20-10-18(27(29,30)31)11-21(12-20)37-8-2-3-9-37/h4-7,10-16H,2-3,8-9H2,1H3,(H2,34,35,38). The van der Waals surface area contributed by atoms with Gasteiger partial charge in [-0.2, -0.15) is 18.3 Å². The van der Waals surface area contributed by atoms with Gasteiger partial charge in [0, 0.05) is 67.3 Å². The Hall–Kier alpha value is -4.61. The third-order valence-corrected chi connectivity index (χ3v) is 6.12. The molecule has 0 bridgehead atoms. The number of hydrogen-bond acceptors (Lipinski definition) is 5. The van der Waals surface area contributed by atoms with Crippen LogP contribution in [0.3, 0.4) is 0 Å². The van der Waals surface area contributed by atoms with Crippen molar-refractivity contribution < 1.29 is 27.1 Å². The molecule has 2 aromatic carbocycles. The lowest BCUT2D eigenvalue weighted by molar-refractivity contribution is -0.137. The summed E-state index contributed by atoms with van der Waals surface area (Å²) < 4.78 is 62.5. The van der Waals surface area contributed by atoms with Gasteiger partial charge in [0.2, 0.25) is 0 Å². The zero-order valence-corrected chi connectivity index (χ0v) is 20.8. The fourth-order valence-electron chi connectivity index (χ4n) is 4.27. The van der Waals surface area contributed by atoms with Crippen molar-refractivity contribution in [3.8, 4) is 22.8 Å². The summed E-state index contributed by atoms with van der Waals surface area (Å²) in [4.78, 5) is 18.7. The highest BCUT2D eigenvalue weighted by atomic mass is 19.4. The number of pyridine rings is 1. The number of hydrogen-bond donors (Lipinski definition) is 2. The van der Waals surface area contributed by atoms with E-state index in [1.54, 1.807) is 36.3 Å². The van der Waals surface area contributed by atoms with Gasteiger partial charge in [-0.05, 0) is 49.2 Å². The van der Waals surface area contributed by atoms with Gasteiger partial charge in [-0.25, -0.2) is 9.18 Å². The van der Waals surface area contributed by atoms with Crippen LogP contribution in [0.4, 0.5) is 39.4 Å². The normalized spacial score (nSPS) is 13.4. The number of aromatic nitrogens is 3. The number of anilines is 3. The highest BCUT2D eigenvalue weighted by Gasteiger charge is 2.32. The predicted octanol–water partition coefficient (Wildman–Crippen LogP) is 6.68. The Balaban J connectivity index is 1.27. The van der Waals surface area contributed by atoms with Crippen molar-refractivity contribution in [2.75, 3.05) is 28.6 Å². The maximum Gasteiger partial charge on any atom is 0.416 e. The van der Waals surface area contributed by atoms with Crippen molar-refractivity contribution >= 4 is 23.1 Å². The van der Waals surface area contributed by atoms with Crippen LogP contribution < -0.4 is 20.3 Å². The quantitative estimate of drug-likeness (QED) is 0.267. The van der Waals surface area contributed by atoms with E-state index in [1.807, 2.05) is 4.90 Å². The minimum Gasteiger partial charge on any atom is -0.454 e. The Morgan fingerprint density at radius 3 is 2.46 bits per heavy atom.